The van der Waals surface area contributed by atoms with E-state index < -0.39 is 130 Å². The second-order valence-electron chi connectivity index (χ2n) is 15.9. The zero-order valence-corrected chi connectivity index (χ0v) is 35.6. The fourth-order valence-electron chi connectivity index (χ4n) is 7.27. The van der Waals surface area contributed by atoms with Crippen molar-refractivity contribution in [3.8, 4) is 0 Å². The summed E-state index contributed by atoms with van der Waals surface area (Å²) in [7, 11) is -7.58. The predicted molar refractivity (Wildman–Crippen MR) is 212 cm³/mol. The van der Waals surface area contributed by atoms with E-state index in [0.717, 1.165) is 64.2 Å². The minimum Gasteiger partial charge on any atom is -0.481 e. The number of carboxylic acids is 2. The summed E-state index contributed by atoms with van der Waals surface area (Å²) in [6.45, 7) is -2.11. The normalized spacial score (nSPS) is 27.9. The summed E-state index contributed by atoms with van der Waals surface area (Å²) >= 11 is 0. The average molecular weight is 895 g/mol. The summed E-state index contributed by atoms with van der Waals surface area (Å²) in [5.41, 5.74) is 0. The lowest BCUT2D eigenvalue weighted by molar-refractivity contribution is -0.359. The van der Waals surface area contributed by atoms with Crippen LogP contribution < -0.4 is 0 Å². The minimum absolute atomic E-state index is 0.133. The number of aliphatic hydroxyl groups is 7. The highest BCUT2D eigenvalue weighted by molar-refractivity contribution is 7.92. The molecule has 9 N–H and O–H groups in total. The highest BCUT2D eigenvalue weighted by atomic mass is 32.2. The number of carbonyl (C=O) groups is 2. The molecule has 0 aromatic heterocycles. The molecule has 0 aliphatic carbocycles. The zero-order valence-electron chi connectivity index (χ0n) is 34.0. The van der Waals surface area contributed by atoms with Gasteiger partial charge in [-0.25, -0.2) is 16.8 Å². The Morgan fingerprint density at radius 3 is 1.32 bits per heavy atom. The van der Waals surface area contributed by atoms with Crippen LogP contribution >= 0.6 is 0 Å². The largest absolute Gasteiger partial charge is 0.481 e. The van der Waals surface area contributed by atoms with Crippen LogP contribution in [-0.4, -0.2) is 179 Å². The number of sulfone groups is 2. The van der Waals surface area contributed by atoms with Crippen LogP contribution in [0.3, 0.4) is 0 Å². The molecule has 0 aromatic rings. The fraction of sp³-hybridized carbons (Fsp3) is 0.947. The van der Waals surface area contributed by atoms with E-state index in [1.165, 1.54) is 0 Å². The van der Waals surface area contributed by atoms with E-state index >= 15 is 0 Å². The van der Waals surface area contributed by atoms with E-state index in [1.807, 2.05) is 0 Å². The van der Waals surface area contributed by atoms with E-state index in [2.05, 4.69) is 0 Å². The molecular formula is C38H70O19S2. The quantitative estimate of drug-likeness (QED) is 0.0399. The number of ether oxygens (including phenoxy) is 4. The second-order valence-corrected chi connectivity index (χ2v) is 20.3. The third-order valence-electron chi connectivity index (χ3n) is 10.6. The summed E-state index contributed by atoms with van der Waals surface area (Å²) in [6, 6.07) is 0. The fourth-order valence-corrected chi connectivity index (χ4v) is 10.9. The topological polar surface area (TPSA) is 321 Å². The van der Waals surface area contributed by atoms with Gasteiger partial charge in [0, 0.05) is 18.8 Å². The average Bonchev–Trinajstić information content (AvgIpc) is 3.17. The number of aliphatic hydroxyl groups excluding tert-OH is 7. The van der Waals surface area contributed by atoms with Gasteiger partial charge in [0.2, 0.25) is 0 Å². The molecule has 0 radical (unpaired) electrons. The third-order valence-corrected chi connectivity index (χ3v) is 14.4. The molecule has 2 aliphatic rings. The Labute approximate surface area is 347 Å². The van der Waals surface area contributed by atoms with Crippen molar-refractivity contribution in [1.82, 2.24) is 0 Å². The van der Waals surface area contributed by atoms with Crippen LogP contribution in [0.4, 0.5) is 0 Å². The Hall–Kier alpha value is -1.60. The number of unbranched alkanes of at least 4 members (excludes halogenated alkanes) is 14. The molecule has 0 aromatic carbocycles. The van der Waals surface area contributed by atoms with Crippen LogP contribution in [0.25, 0.3) is 0 Å². The zero-order chi connectivity index (χ0) is 44.0. The van der Waals surface area contributed by atoms with Gasteiger partial charge in [0.05, 0.1) is 42.8 Å². The minimum atomic E-state index is -3.79. The Bertz CT molecular complexity index is 1330. The molecule has 348 valence electrons. The molecule has 10 atom stereocenters. The number of hydrogen-bond acceptors (Lipinski definition) is 17. The van der Waals surface area contributed by atoms with Gasteiger partial charge in [-0.2, -0.15) is 0 Å². The van der Waals surface area contributed by atoms with E-state index in [1.54, 1.807) is 0 Å². The summed E-state index contributed by atoms with van der Waals surface area (Å²) in [5.74, 6) is -4.22. The van der Waals surface area contributed by atoms with Crippen LogP contribution in [0.15, 0.2) is 0 Å². The molecule has 0 unspecified atom stereocenters. The first-order chi connectivity index (χ1) is 27.9. The molecule has 2 rings (SSSR count). The number of hydrogen-bond donors (Lipinski definition) is 9. The van der Waals surface area contributed by atoms with Crippen molar-refractivity contribution in [2.45, 2.75) is 177 Å². The Morgan fingerprint density at radius 2 is 0.898 bits per heavy atom. The molecule has 0 amide bonds. The van der Waals surface area contributed by atoms with Crippen LogP contribution in [0, 0.1) is 5.92 Å². The molecule has 0 bridgehead atoms. The highest BCUT2D eigenvalue weighted by Crippen LogP contribution is 2.30. The SMILES string of the molecule is O=C(O)CCCCCCCCCCS(=O)(=O)CC(CO[C@@H]1O[C@H](CO)[C@@H](O[C@@H]2O[C@H](CO)[C@H](O)[C@H](O)[C@H]2O)[C@H](O)[C@H]1O)CS(=O)(=O)CCCCCCCCCCC(=O)O. The number of aliphatic carboxylic acids is 2. The van der Waals surface area contributed by atoms with E-state index in [0.29, 0.717) is 38.5 Å². The molecule has 59 heavy (non-hydrogen) atoms. The monoisotopic (exact) mass is 894 g/mol. The smallest absolute Gasteiger partial charge is 0.303 e. The molecule has 2 aliphatic heterocycles. The Morgan fingerprint density at radius 1 is 0.508 bits per heavy atom. The molecule has 2 fully saturated rings. The lowest BCUT2D eigenvalue weighted by Gasteiger charge is -2.46. The summed E-state index contributed by atoms with van der Waals surface area (Å²) in [6.07, 6.45) is -4.98. The third kappa shape index (κ3) is 20.9. The van der Waals surface area contributed by atoms with Gasteiger partial charge in [-0.15, -0.1) is 0 Å². The lowest BCUT2D eigenvalue weighted by atomic mass is 9.97. The van der Waals surface area contributed by atoms with Crippen LogP contribution in [0.2, 0.25) is 0 Å². The summed E-state index contributed by atoms with van der Waals surface area (Å²) < 4.78 is 75.4. The molecule has 2 heterocycles. The first kappa shape index (κ1) is 53.5. The molecule has 0 saturated carbocycles. The summed E-state index contributed by atoms with van der Waals surface area (Å²) in [5, 5.41) is 89.6. The first-order valence-corrected chi connectivity index (χ1v) is 24.6. The molecule has 21 heteroatoms. The van der Waals surface area contributed by atoms with Crippen molar-refractivity contribution in [2.24, 2.45) is 5.92 Å². The van der Waals surface area contributed by atoms with Gasteiger partial charge in [0.25, 0.3) is 0 Å². The van der Waals surface area contributed by atoms with E-state index in [4.69, 9.17) is 29.2 Å². The van der Waals surface area contributed by atoms with Gasteiger partial charge < -0.3 is 64.9 Å². The van der Waals surface area contributed by atoms with E-state index in [-0.39, 0.29) is 24.3 Å². The Kier molecular flexibility index (Phi) is 25.6. The summed E-state index contributed by atoms with van der Waals surface area (Å²) in [4.78, 5) is 21.3. The Balaban J connectivity index is 2.00. The van der Waals surface area contributed by atoms with E-state index in [9.17, 15) is 62.2 Å². The van der Waals surface area contributed by atoms with Gasteiger partial charge in [-0.3, -0.25) is 9.59 Å². The second kappa shape index (κ2) is 28.2. The maximum atomic E-state index is 13.3. The molecule has 19 nitrogen and oxygen atoms in total. The van der Waals surface area contributed by atoms with Crippen molar-refractivity contribution in [3.63, 3.8) is 0 Å². The van der Waals surface area contributed by atoms with Crippen molar-refractivity contribution in [2.75, 3.05) is 42.8 Å². The van der Waals surface area contributed by atoms with Crippen molar-refractivity contribution in [1.29, 1.82) is 0 Å². The molecular weight excluding hydrogens is 825 g/mol. The van der Waals surface area contributed by atoms with Crippen LogP contribution in [0.1, 0.15) is 116 Å². The highest BCUT2D eigenvalue weighted by Gasteiger charge is 2.51. The molecule has 2 saturated heterocycles. The van der Waals surface area contributed by atoms with Crippen LogP contribution in [0.5, 0.6) is 0 Å². The van der Waals surface area contributed by atoms with Crippen molar-refractivity contribution in [3.05, 3.63) is 0 Å². The number of carboxylic acid groups (broad SMARTS) is 2. The predicted octanol–water partition coefficient (Wildman–Crippen LogP) is 0.264. The maximum absolute atomic E-state index is 13.3. The number of rotatable bonds is 33. The van der Waals surface area contributed by atoms with Gasteiger partial charge >= 0.3 is 11.9 Å². The first-order valence-electron chi connectivity index (χ1n) is 21.0. The standard InChI is InChI=1S/C38H70O19S2/c39-21-27-31(45)32(46)34(48)38(55-27)57-36-28(22-40)56-37(35(49)33(36)47)54-23-26(24-58(50,51)19-15-11-7-3-1-5-9-13-17-29(41)42)25-59(52,53)20-16-12-8-4-2-6-10-14-18-30(43)44/h26-28,31-40,45-49H,1-25H2,(H,41,42)(H,43,44)/t27-,28-,31+,32+,33-,34-,35-,36-,37-,38+/m1/s1. The van der Waals surface area contributed by atoms with Crippen molar-refractivity contribution >= 4 is 31.6 Å². The van der Waals surface area contributed by atoms with Gasteiger partial charge in [-0.1, -0.05) is 77.0 Å². The molecule has 0 spiro atoms. The van der Waals surface area contributed by atoms with Gasteiger partial charge in [0.1, 0.15) is 48.8 Å². The van der Waals surface area contributed by atoms with Crippen LogP contribution in [-0.2, 0) is 48.2 Å². The van der Waals surface area contributed by atoms with Crippen molar-refractivity contribution < 1.29 is 91.3 Å². The lowest BCUT2D eigenvalue weighted by Crippen LogP contribution is -2.64. The maximum Gasteiger partial charge on any atom is 0.303 e. The van der Waals surface area contributed by atoms with Gasteiger partial charge in [0.15, 0.2) is 32.3 Å². The van der Waals surface area contributed by atoms with Gasteiger partial charge in [-0.05, 0) is 25.7 Å².